The molecule has 0 spiro atoms. The molecule has 17 heavy (non-hydrogen) atoms. The smallest absolute Gasteiger partial charge is 0.0720 e. The molecule has 0 heterocycles. The number of allylic oxidation sites excluding steroid dienone is 1. The Labute approximate surface area is 103 Å². The van der Waals surface area contributed by atoms with E-state index in [2.05, 4.69) is 18.7 Å². The molecule has 2 nitrogen and oxygen atoms in total. The molecule has 0 saturated heterocycles. The second-order valence-corrected chi connectivity index (χ2v) is 4.98. The predicted molar refractivity (Wildman–Crippen MR) is 68.6 cm³/mol. The van der Waals surface area contributed by atoms with Crippen molar-refractivity contribution >= 4 is 0 Å². The van der Waals surface area contributed by atoms with Crippen LogP contribution in [0.3, 0.4) is 0 Å². The molecule has 92 valence electrons. The number of rotatable bonds is 6. The fourth-order valence-corrected chi connectivity index (χ4v) is 2.48. The summed E-state index contributed by atoms with van der Waals surface area (Å²) in [7, 11) is 0. The lowest BCUT2D eigenvalue weighted by Crippen LogP contribution is -2.44. The fraction of sp³-hybridized carbons (Fsp3) is 0.467. The minimum absolute atomic E-state index is 0.0447. The maximum absolute atomic E-state index is 9.37. The molecule has 0 bridgehead atoms. The van der Waals surface area contributed by atoms with Crippen LogP contribution < -0.4 is 0 Å². The van der Waals surface area contributed by atoms with Gasteiger partial charge in [0.2, 0.25) is 0 Å². The van der Waals surface area contributed by atoms with E-state index in [1.807, 2.05) is 24.3 Å². The molecule has 1 aromatic carbocycles. The Balaban J connectivity index is 1.75. The Bertz CT molecular complexity index is 352. The van der Waals surface area contributed by atoms with Crippen molar-refractivity contribution < 1.29 is 9.84 Å². The van der Waals surface area contributed by atoms with Crippen molar-refractivity contribution in [2.24, 2.45) is 5.41 Å². The molecule has 1 aliphatic carbocycles. The van der Waals surface area contributed by atoms with E-state index >= 15 is 0 Å². The van der Waals surface area contributed by atoms with Crippen LogP contribution in [0.4, 0.5) is 0 Å². The highest BCUT2D eigenvalue weighted by atomic mass is 16.5. The Kier molecular flexibility index (Phi) is 3.97. The standard InChI is InChI=1S/C15H20O2/c1-2-8-15(12-16)9-14(10-15)17-11-13-6-4-3-5-7-13/h2-7,14,16H,1,8-12H2. The Morgan fingerprint density at radius 2 is 2.06 bits per heavy atom. The molecule has 0 atom stereocenters. The van der Waals surface area contributed by atoms with Crippen molar-refractivity contribution in [3.63, 3.8) is 0 Å². The molecule has 1 N–H and O–H groups in total. The first-order chi connectivity index (χ1) is 8.28. The second kappa shape index (κ2) is 5.48. The number of benzene rings is 1. The highest BCUT2D eigenvalue weighted by Gasteiger charge is 2.43. The van der Waals surface area contributed by atoms with Gasteiger partial charge < -0.3 is 9.84 Å². The minimum atomic E-state index is 0.0447. The third kappa shape index (κ3) is 2.96. The van der Waals surface area contributed by atoms with Gasteiger partial charge in [0.05, 0.1) is 12.7 Å². The number of ether oxygens (including phenoxy) is 1. The number of aliphatic hydroxyl groups is 1. The van der Waals surface area contributed by atoms with Crippen LogP contribution in [0.5, 0.6) is 0 Å². The van der Waals surface area contributed by atoms with Crippen LogP contribution in [-0.4, -0.2) is 17.8 Å². The normalized spacial score (nSPS) is 27.5. The monoisotopic (exact) mass is 232 g/mol. The van der Waals surface area contributed by atoms with Gasteiger partial charge in [-0.2, -0.15) is 0 Å². The Hall–Kier alpha value is -1.12. The number of hydrogen-bond donors (Lipinski definition) is 1. The van der Waals surface area contributed by atoms with Crippen LogP contribution in [0.1, 0.15) is 24.8 Å². The molecule has 0 aromatic heterocycles. The zero-order chi connectivity index (χ0) is 12.1. The molecule has 1 aliphatic rings. The summed E-state index contributed by atoms with van der Waals surface area (Å²) in [5, 5.41) is 9.37. The summed E-state index contributed by atoms with van der Waals surface area (Å²) < 4.78 is 5.82. The van der Waals surface area contributed by atoms with Crippen LogP contribution >= 0.6 is 0 Å². The minimum Gasteiger partial charge on any atom is -0.396 e. The first kappa shape index (κ1) is 12.3. The van der Waals surface area contributed by atoms with Crippen LogP contribution in [0, 0.1) is 5.41 Å². The van der Waals surface area contributed by atoms with Crippen LogP contribution in [0.2, 0.25) is 0 Å². The molecule has 1 saturated carbocycles. The van der Waals surface area contributed by atoms with Gasteiger partial charge in [-0.3, -0.25) is 0 Å². The van der Waals surface area contributed by atoms with Gasteiger partial charge in [-0.1, -0.05) is 36.4 Å². The molecule has 2 heteroatoms. The van der Waals surface area contributed by atoms with Crippen molar-refractivity contribution in [1.82, 2.24) is 0 Å². The van der Waals surface area contributed by atoms with E-state index in [-0.39, 0.29) is 12.0 Å². The van der Waals surface area contributed by atoms with Gasteiger partial charge in [-0.15, -0.1) is 6.58 Å². The van der Waals surface area contributed by atoms with Gasteiger partial charge in [-0.05, 0) is 24.8 Å². The predicted octanol–water partition coefficient (Wildman–Crippen LogP) is 2.92. The zero-order valence-corrected chi connectivity index (χ0v) is 10.1. The topological polar surface area (TPSA) is 29.5 Å². The maximum Gasteiger partial charge on any atom is 0.0720 e. The van der Waals surface area contributed by atoms with Gasteiger partial charge in [0, 0.05) is 12.0 Å². The first-order valence-corrected chi connectivity index (χ1v) is 6.15. The molecular weight excluding hydrogens is 212 g/mol. The van der Waals surface area contributed by atoms with E-state index in [9.17, 15) is 5.11 Å². The molecule has 0 unspecified atom stereocenters. The third-order valence-electron chi connectivity index (χ3n) is 3.56. The second-order valence-electron chi connectivity index (χ2n) is 4.98. The van der Waals surface area contributed by atoms with Gasteiger partial charge in [-0.25, -0.2) is 0 Å². The largest absolute Gasteiger partial charge is 0.396 e. The molecule has 1 fully saturated rings. The van der Waals surface area contributed by atoms with Gasteiger partial charge >= 0.3 is 0 Å². The third-order valence-corrected chi connectivity index (χ3v) is 3.56. The lowest BCUT2D eigenvalue weighted by molar-refractivity contribution is -0.106. The highest BCUT2D eigenvalue weighted by Crippen LogP contribution is 2.45. The quantitative estimate of drug-likeness (QED) is 0.764. The maximum atomic E-state index is 9.37. The van der Waals surface area contributed by atoms with E-state index < -0.39 is 0 Å². The van der Waals surface area contributed by atoms with Crippen molar-refractivity contribution in [3.05, 3.63) is 48.6 Å². The molecule has 1 aromatic rings. The van der Waals surface area contributed by atoms with E-state index in [4.69, 9.17) is 4.74 Å². The molecule has 0 radical (unpaired) electrons. The van der Waals surface area contributed by atoms with Gasteiger partial charge in [0.15, 0.2) is 0 Å². The summed E-state index contributed by atoms with van der Waals surface area (Å²) in [5.41, 5.74) is 1.25. The van der Waals surface area contributed by atoms with Crippen LogP contribution in [0.15, 0.2) is 43.0 Å². The van der Waals surface area contributed by atoms with E-state index in [1.54, 1.807) is 0 Å². The molecular formula is C15H20O2. The van der Waals surface area contributed by atoms with Gasteiger partial charge in [0.25, 0.3) is 0 Å². The SMILES string of the molecule is C=CCC1(CO)CC(OCc2ccccc2)C1. The van der Waals surface area contributed by atoms with E-state index in [1.165, 1.54) is 5.56 Å². The van der Waals surface area contributed by atoms with E-state index in [0.717, 1.165) is 19.3 Å². The summed E-state index contributed by atoms with van der Waals surface area (Å²) >= 11 is 0. The summed E-state index contributed by atoms with van der Waals surface area (Å²) in [5.74, 6) is 0. The Morgan fingerprint density at radius 3 is 2.65 bits per heavy atom. The van der Waals surface area contributed by atoms with Crippen molar-refractivity contribution in [2.45, 2.75) is 32.0 Å². The average Bonchev–Trinajstić information content (AvgIpc) is 2.33. The summed E-state index contributed by atoms with van der Waals surface area (Å²) in [6, 6.07) is 10.2. The molecule has 0 amide bonds. The fourth-order valence-electron chi connectivity index (χ4n) is 2.48. The van der Waals surface area contributed by atoms with E-state index in [0.29, 0.717) is 12.7 Å². The summed E-state index contributed by atoms with van der Waals surface area (Å²) in [6.45, 7) is 4.65. The highest BCUT2D eigenvalue weighted by molar-refractivity contribution is 5.13. The van der Waals surface area contributed by atoms with Crippen molar-refractivity contribution in [3.8, 4) is 0 Å². The number of aliphatic hydroxyl groups excluding tert-OH is 1. The van der Waals surface area contributed by atoms with Crippen molar-refractivity contribution in [2.75, 3.05) is 6.61 Å². The van der Waals surface area contributed by atoms with Gasteiger partial charge in [0.1, 0.15) is 0 Å². The number of hydrogen-bond acceptors (Lipinski definition) is 2. The zero-order valence-electron chi connectivity index (χ0n) is 10.1. The average molecular weight is 232 g/mol. The lowest BCUT2D eigenvalue weighted by atomic mass is 9.65. The van der Waals surface area contributed by atoms with Crippen molar-refractivity contribution in [1.29, 1.82) is 0 Å². The first-order valence-electron chi connectivity index (χ1n) is 6.15. The lowest BCUT2D eigenvalue weighted by Gasteiger charge is -2.46. The molecule has 0 aliphatic heterocycles. The summed E-state index contributed by atoms with van der Waals surface area (Å²) in [6.07, 6.45) is 4.96. The Morgan fingerprint density at radius 1 is 1.35 bits per heavy atom. The molecule has 2 rings (SSSR count). The summed E-state index contributed by atoms with van der Waals surface area (Å²) in [4.78, 5) is 0. The van der Waals surface area contributed by atoms with Crippen LogP contribution in [0.25, 0.3) is 0 Å². The van der Waals surface area contributed by atoms with Crippen LogP contribution in [-0.2, 0) is 11.3 Å².